The lowest BCUT2D eigenvalue weighted by molar-refractivity contribution is -0.144. The molecule has 0 aromatic carbocycles. The standard InChI is InChI=1S/C20H29N3O3/c1-7-14(4)22-19(24)12-26-20(25)18(10-21)9-17-8-15(5)23(16(17)6)11-13(2)3/h8-9,13-14H,7,11-12H2,1-6H3,(H,22,24)/b18-9+/t14-/m1/s1. The predicted octanol–water partition coefficient (Wildman–Crippen LogP) is 3.13. The van der Waals surface area contributed by atoms with Crippen LogP contribution in [0.3, 0.4) is 0 Å². The van der Waals surface area contributed by atoms with Gasteiger partial charge in [-0.15, -0.1) is 0 Å². The topological polar surface area (TPSA) is 84.1 Å². The molecule has 0 unspecified atom stereocenters. The molecule has 0 spiro atoms. The zero-order valence-electron chi connectivity index (χ0n) is 16.5. The Balaban J connectivity index is 2.87. The number of rotatable bonds is 8. The molecule has 1 rings (SSSR count). The van der Waals surface area contributed by atoms with E-state index in [2.05, 4.69) is 23.7 Å². The zero-order chi connectivity index (χ0) is 19.9. The summed E-state index contributed by atoms with van der Waals surface area (Å²) in [6, 6.07) is 3.82. The summed E-state index contributed by atoms with van der Waals surface area (Å²) < 4.78 is 7.13. The van der Waals surface area contributed by atoms with Crippen LogP contribution in [-0.4, -0.2) is 29.1 Å². The molecule has 26 heavy (non-hydrogen) atoms. The van der Waals surface area contributed by atoms with Gasteiger partial charge in [0, 0.05) is 24.0 Å². The van der Waals surface area contributed by atoms with Crippen LogP contribution in [0.15, 0.2) is 11.6 Å². The number of aryl methyl sites for hydroxylation is 1. The SMILES string of the molecule is CC[C@@H](C)NC(=O)COC(=O)/C(C#N)=C/c1cc(C)n(CC(C)C)c1C. The third-order valence-electron chi connectivity index (χ3n) is 4.15. The first-order chi connectivity index (χ1) is 12.2. The summed E-state index contributed by atoms with van der Waals surface area (Å²) in [6.07, 6.45) is 2.31. The van der Waals surface area contributed by atoms with Crippen molar-refractivity contribution >= 4 is 18.0 Å². The van der Waals surface area contributed by atoms with Gasteiger partial charge in [-0.1, -0.05) is 20.8 Å². The predicted molar refractivity (Wildman–Crippen MR) is 101 cm³/mol. The quantitative estimate of drug-likeness (QED) is 0.439. The Bertz CT molecular complexity index is 723. The van der Waals surface area contributed by atoms with Crippen LogP contribution in [0.5, 0.6) is 0 Å². The van der Waals surface area contributed by atoms with Crippen molar-refractivity contribution in [3.05, 3.63) is 28.6 Å². The Labute approximate surface area is 155 Å². The van der Waals surface area contributed by atoms with Crippen molar-refractivity contribution < 1.29 is 14.3 Å². The number of aromatic nitrogens is 1. The number of hydrogen-bond donors (Lipinski definition) is 1. The monoisotopic (exact) mass is 359 g/mol. The number of carbonyl (C=O) groups is 2. The van der Waals surface area contributed by atoms with E-state index < -0.39 is 12.6 Å². The van der Waals surface area contributed by atoms with Crippen LogP contribution in [0.25, 0.3) is 6.08 Å². The van der Waals surface area contributed by atoms with Crippen LogP contribution in [-0.2, 0) is 20.9 Å². The van der Waals surface area contributed by atoms with E-state index in [9.17, 15) is 14.9 Å². The van der Waals surface area contributed by atoms with Crippen LogP contribution >= 0.6 is 0 Å². The molecule has 0 saturated carbocycles. The highest BCUT2D eigenvalue weighted by atomic mass is 16.5. The van der Waals surface area contributed by atoms with E-state index >= 15 is 0 Å². The molecule has 1 amide bonds. The number of nitrogens with zero attached hydrogens (tertiary/aromatic N) is 2. The van der Waals surface area contributed by atoms with E-state index in [1.165, 1.54) is 6.08 Å². The molecule has 0 saturated heterocycles. The summed E-state index contributed by atoms with van der Waals surface area (Å²) in [4.78, 5) is 23.8. The van der Waals surface area contributed by atoms with Gasteiger partial charge in [0.1, 0.15) is 11.6 Å². The van der Waals surface area contributed by atoms with Crippen LogP contribution < -0.4 is 5.32 Å². The summed E-state index contributed by atoms with van der Waals surface area (Å²) >= 11 is 0. The maximum atomic E-state index is 12.1. The molecule has 0 fully saturated rings. The van der Waals surface area contributed by atoms with Crippen molar-refractivity contribution in [1.82, 2.24) is 9.88 Å². The first-order valence-corrected chi connectivity index (χ1v) is 8.94. The van der Waals surface area contributed by atoms with Crippen LogP contribution in [0.4, 0.5) is 0 Å². The van der Waals surface area contributed by atoms with Gasteiger partial charge in [0.15, 0.2) is 6.61 Å². The van der Waals surface area contributed by atoms with Crippen molar-refractivity contribution in [3.63, 3.8) is 0 Å². The lowest BCUT2D eigenvalue weighted by Gasteiger charge is -2.12. The van der Waals surface area contributed by atoms with E-state index in [0.717, 1.165) is 29.9 Å². The number of amides is 1. The average Bonchev–Trinajstić information content (AvgIpc) is 2.84. The lowest BCUT2D eigenvalue weighted by atomic mass is 10.1. The summed E-state index contributed by atoms with van der Waals surface area (Å²) in [5.41, 5.74) is 2.75. The number of hydrogen-bond acceptors (Lipinski definition) is 4. The fourth-order valence-electron chi connectivity index (χ4n) is 2.54. The summed E-state index contributed by atoms with van der Waals surface area (Å²) in [5, 5.41) is 12.0. The molecule has 6 heteroatoms. The molecule has 0 aliphatic carbocycles. The Morgan fingerprint density at radius 2 is 2.00 bits per heavy atom. The second-order valence-corrected chi connectivity index (χ2v) is 6.95. The summed E-state index contributed by atoms with van der Waals surface area (Å²) in [6.45, 7) is 12.5. The molecular weight excluding hydrogens is 330 g/mol. The Kier molecular flexibility index (Phi) is 8.11. The van der Waals surface area contributed by atoms with Gasteiger partial charge in [-0.05, 0) is 50.8 Å². The molecule has 1 aromatic heterocycles. The highest BCUT2D eigenvalue weighted by molar-refractivity contribution is 5.99. The number of esters is 1. The molecule has 1 aromatic rings. The van der Waals surface area contributed by atoms with E-state index in [1.54, 1.807) is 0 Å². The van der Waals surface area contributed by atoms with Crippen LogP contribution in [0.2, 0.25) is 0 Å². The van der Waals surface area contributed by atoms with Gasteiger partial charge in [0.05, 0.1) is 0 Å². The average molecular weight is 359 g/mol. The molecule has 0 aliphatic heterocycles. The molecule has 1 heterocycles. The Morgan fingerprint density at radius 3 is 2.54 bits per heavy atom. The Hall–Kier alpha value is -2.55. The normalized spacial score (nSPS) is 12.6. The largest absolute Gasteiger partial charge is 0.451 e. The van der Waals surface area contributed by atoms with Crippen LogP contribution in [0, 0.1) is 31.1 Å². The fourth-order valence-corrected chi connectivity index (χ4v) is 2.54. The van der Waals surface area contributed by atoms with E-state index in [4.69, 9.17) is 4.74 Å². The molecule has 1 atom stereocenters. The van der Waals surface area contributed by atoms with Gasteiger partial charge in [0.25, 0.3) is 5.91 Å². The molecule has 142 valence electrons. The second-order valence-electron chi connectivity index (χ2n) is 6.95. The van der Waals surface area contributed by atoms with Gasteiger partial charge in [-0.2, -0.15) is 5.26 Å². The molecule has 6 nitrogen and oxygen atoms in total. The van der Waals surface area contributed by atoms with Gasteiger partial charge in [0.2, 0.25) is 0 Å². The summed E-state index contributed by atoms with van der Waals surface area (Å²) in [7, 11) is 0. The first-order valence-electron chi connectivity index (χ1n) is 8.94. The highest BCUT2D eigenvalue weighted by Crippen LogP contribution is 2.20. The van der Waals surface area contributed by atoms with E-state index in [0.29, 0.717) is 5.92 Å². The van der Waals surface area contributed by atoms with Crippen LogP contribution in [0.1, 0.15) is 51.1 Å². The summed E-state index contributed by atoms with van der Waals surface area (Å²) in [5.74, 6) is -0.679. The minimum atomic E-state index is -0.791. The fraction of sp³-hybridized carbons (Fsp3) is 0.550. The van der Waals surface area contributed by atoms with Gasteiger partial charge in [-0.25, -0.2) is 4.79 Å². The Morgan fingerprint density at radius 1 is 1.35 bits per heavy atom. The van der Waals surface area contributed by atoms with Gasteiger partial charge < -0.3 is 14.6 Å². The zero-order valence-corrected chi connectivity index (χ0v) is 16.5. The molecule has 0 aliphatic rings. The molecule has 0 bridgehead atoms. The minimum Gasteiger partial charge on any atom is -0.451 e. The maximum Gasteiger partial charge on any atom is 0.349 e. The smallest absolute Gasteiger partial charge is 0.349 e. The highest BCUT2D eigenvalue weighted by Gasteiger charge is 2.16. The maximum absolute atomic E-state index is 12.1. The van der Waals surface area contributed by atoms with Crippen molar-refractivity contribution in [3.8, 4) is 6.07 Å². The number of nitrogens with one attached hydrogen (secondary N) is 1. The number of nitriles is 1. The molecule has 0 radical (unpaired) electrons. The lowest BCUT2D eigenvalue weighted by Crippen LogP contribution is -2.35. The number of carbonyl (C=O) groups excluding carboxylic acids is 2. The van der Waals surface area contributed by atoms with Gasteiger partial charge >= 0.3 is 5.97 Å². The second kappa shape index (κ2) is 9.81. The van der Waals surface area contributed by atoms with Crippen molar-refractivity contribution in [2.24, 2.45) is 5.92 Å². The van der Waals surface area contributed by atoms with E-state index in [1.807, 2.05) is 39.8 Å². The van der Waals surface area contributed by atoms with Gasteiger partial charge in [-0.3, -0.25) is 4.79 Å². The van der Waals surface area contributed by atoms with Crippen molar-refractivity contribution in [2.45, 2.75) is 60.5 Å². The minimum absolute atomic E-state index is 0.0125. The van der Waals surface area contributed by atoms with Crippen molar-refractivity contribution in [2.75, 3.05) is 6.61 Å². The first kappa shape index (κ1) is 21.5. The number of ether oxygens (including phenoxy) is 1. The molecular formula is C20H29N3O3. The molecule has 1 N–H and O–H groups in total. The third kappa shape index (κ3) is 6.07. The van der Waals surface area contributed by atoms with Crippen molar-refractivity contribution in [1.29, 1.82) is 5.26 Å². The third-order valence-corrected chi connectivity index (χ3v) is 4.15. The van der Waals surface area contributed by atoms with E-state index in [-0.39, 0.29) is 17.5 Å².